The van der Waals surface area contributed by atoms with Crippen molar-refractivity contribution in [3.63, 3.8) is 0 Å². The molecule has 1 heterocycles. The Bertz CT molecular complexity index is 464. The molecule has 0 saturated carbocycles. The number of ether oxygens (including phenoxy) is 1. The molecule has 3 nitrogen and oxygen atoms in total. The lowest BCUT2D eigenvalue weighted by atomic mass is 10.0. The van der Waals surface area contributed by atoms with Crippen LogP contribution < -0.4 is 5.73 Å². The second-order valence-electron chi connectivity index (χ2n) is 5.08. The number of nitrogens with zero attached hydrogens (tertiary/aromatic N) is 1. The van der Waals surface area contributed by atoms with E-state index in [9.17, 15) is 8.78 Å². The highest BCUT2D eigenvalue weighted by molar-refractivity contribution is 5.48. The fraction of sp³-hybridized carbons (Fsp3) is 0.500. The van der Waals surface area contributed by atoms with Gasteiger partial charge in [-0.05, 0) is 48.7 Å². The first-order valence-corrected chi connectivity index (χ1v) is 7.00. The maximum absolute atomic E-state index is 10.6. The average Bonchev–Trinajstić information content (AvgIpc) is 2.46. The molecule has 0 bridgehead atoms. The van der Waals surface area contributed by atoms with Crippen LogP contribution in [0.4, 0.5) is 14.5 Å². The summed E-state index contributed by atoms with van der Waals surface area (Å²) in [5.41, 5.74) is 10.7. The van der Waals surface area contributed by atoms with E-state index in [0.717, 1.165) is 38.5 Å². The van der Waals surface area contributed by atoms with Gasteiger partial charge in [0.05, 0.1) is 13.2 Å². The van der Waals surface area contributed by atoms with Crippen LogP contribution in [0, 0.1) is 13.8 Å². The largest absolute Gasteiger partial charge is 0.399 e. The minimum atomic E-state index is -2.35. The van der Waals surface area contributed by atoms with Gasteiger partial charge in [-0.3, -0.25) is 4.90 Å². The number of halogens is 2. The highest BCUT2D eigenvalue weighted by Gasteiger charge is 2.12. The van der Waals surface area contributed by atoms with Gasteiger partial charge in [0.2, 0.25) is 0 Å². The third-order valence-electron chi connectivity index (χ3n) is 3.47. The summed E-state index contributed by atoms with van der Waals surface area (Å²) < 4.78 is 26.6. The molecule has 21 heavy (non-hydrogen) atoms. The molecule has 0 radical (unpaired) electrons. The third-order valence-corrected chi connectivity index (χ3v) is 3.47. The zero-order valence-corrected chi connectivity index (χ0v) is 12.7. The first kappa shape index (κ1) is 17.6. The fourth-order valence-electron chi connectivity index (χ4n) is 2.13. The third kappa shape index (κ3) is 6.23. The van der Waals surface area contributed by atoms with Gasteiger partial charge in [0.15, 0.2) is 0 Å². The second-order valence-corrected chi connectivity index (χ2v) is 5.08. The van der Waals surface area contributed by atoms with Crippen LogP contribution in [0.5, 0.6) is 0 Å². The van der Waals surface area contributed by atoms with Gasteiger partial charge in [0.1, 0.15) is 0 Å². The predicted octanol–water partition coefficient (Wildman–Crippen LogP) is 3.40. The van der Waals surface area contributed by atoms with Crippen molar-refractivity contribution in [1.82, 2.24) is 4.90 Å². The van der Waals surface area contributed by atoms with Crippen LogP contribution in [0.2, 0.25) is 0 Å². The van der Waals surface area contributed by atoms with Gasteiger partial charge < -0.3 is 10.5 Å². The molecule has 120 valence electrons. The van der Waals surface area contributed by atoms with Crippen molar-refractivity contribution >= 4 is 5.69 Å². The van der Waals surface area contributed by atoms with Crippen molar-refractivity contribution in [1.29, 1.82) is 0 Å². The van der Waals surface area contributed by atoms with Gasteiger partial charge in [0, 0.05) is 26.7 Å². The van der Waals surface area contributed by atoms with Gasteiger partial charge in [-0.25, -0.2) is 8.78 Å². The van der Waals surface area contributed by atoms with Crippen LogP contribution in [0.1, 0.15) is 18.1 Å². The topological polar surface area (TPSA) is 38.5 Å². The SMILES string of the molecule is C=CC(F)F.Cc1cc(N)cc(CN2CCOCC2)c1C.[HH]. The Labute approximate surface area is 126 Å². The summed E-state index contributed by atoms with van der Waals surface area (Å²) in [6, 6.07) is 4.13. The number of anilines is 1. The van der Waals surface area contributed by atoms with E-state index in [1.54, 1.807) is 0 Å². The summed E-state index contributed by atoms with van der Waals surface area (Å²) >= 11 is 0. The molecule has 5 heteroatoms. The zero-order valence-electron chi connectivity index (χ0n) is 12.7. The highest BCUT2D eigenvalue weighted by atomic mass is 19.3. The predicted molar refractivity (Wildman–Crippen MR) is 84.7 cm³/mol. The van der Waals surface area contributed by atoms with Crippen molar-refractivity contribution in [3.8, 4) is 0 Å². The Hall–Kier alpha value is -1.46. The monoisotopic (exact) mass is 300 g/mol. The molecule has 2 N–H and O–H groups in total. The van der Waals surface area contributed by atoms with E-state index in [2.05, 4.69) is 31.4 Å². The van der Waals surface area contributed by atoms with E-state index in [0.29, 0.717) is 6.08 Å². The molecule has 1 aliphatic rings. The number of rotatable bonds is 3. The van der Waals surface area contributed by atoms with E-state index in [1.165, 1.54) is 16.7 Å². The Morgan fingerprint density at radius 2 is 1.95 bits per heavy atom. The van der Waals surface area contributed by atoms with E-state index >= 15 is 0 Å². The summed E-state index contributed by atoms with van der Waals surface area (Å²) in [7, 11) is 0. The normalized spacial score (nSPS) is 15.5. The smallest absolute Gasteiger partial charge is 0.256 e. The Morgan fingerprint density at radius 3 is 2.48 bits per heavy atom. The number of nitrogens with two attached hydrogens (primary N) is 1. The summed E-state index contributed by atoms with van der Waals surface area (Å²) in [5, 5.41) is 0. The van der Waals surface area contributed by atoms with Crippen LogP contribution in [-0.4, -0.2) is 37.6 Å². The fourth-order valence-corrected chi connectivity index (χ4v) is 2.13. The summed E-state index contributed by atoms with van der Waals surface area (Å²) in [6.45, 7) is 11.8. The molecule has 1 saturated heterocycles. The quantitative estimate of drug-likeness (QED) is 0.687. The van der Waals surface area contributed by atoms with Gasteiger partial charge in [-0.1, -0.05) is 6.58 Å². The number of nitrogen functional groups attached to an aromatic ring is 1. The standard InChI is InChI=1S/C13H20N2O.C3H4F2.H2/c1-10-7-13(14)8-12(11(10)2)9-15-3-5-16-6-4-15;1-2-3(4)5;/h7-8H,3-6,9,14H2,1-2H3;2-3H,1H2;1H. The molecule has 0 aliphatic carbocycles. The first-order valence-electron chi connectivity index (χ1n) is 7.00. The molecular formula is C16H26F2N2O. The number of benzene rings is 1. The van der Waals surface area contributed by atoms with Gasteiger partial charge in [0.25, 0.3) is 6.43 Å². The van der Waals surface area contributed by atoms with Crippen LogP contribution in [0.25, 0.3) is 0 Å². The summed E-state index contributed by atoms with van der Waals surface area (Å²) in [6.07, 6.45) is -1.77. The summed E-state index contributed by atoms with van der Waals surface area (Å²) in [4.78, 5) is 2.42. The van der Waals surface area contributed by atoms with Crippen molar-refractivity contribution in [3.05, 3.63) is 41.5 Å². The second kappa shape index (κ2) is 8.74. The molecule has 0 atom stereocenters. The number of allylic oxidation sites excluding steroid dienone is 1. The maximum atomic E-state index is 10.6. The van der Waals surface area contributed by atoms with E-state index in [-0.39, 0.29) is 1.43 Å². The Morgan fingerprint density at radius 1 is 1.38 bits per heavy atom. The van der Waals surface area contributed by atoms with Crippen molar-refractivity contribution < 1.29 is 14.9 Å². The Balaban J connectivity index is 0.000000644. The van der Waals surface area contributed by atoms with Gasteiger partial charge >= 0.3 is 0 Å². The molecule has 0 spiro atoms. The molecule has 1 aromatic carbocycles. The number of alkyl halides is 2. The lowest BCUT2D eigenvalue weighted by Crippen LogP contribution is -2.35. The van der Waals surface area contributed by atoms with E-state index in [4.69, 9.17) is 10.5 Å². The molecule has 0 aromatic heterocycles. The molecule has 1 aromatic rings. The molecule has 0 unspecified atom stereocenters. The average molecular weight is 300 g/mol. The zero-order chi connectivity index (χ0) is 15.8. The van der Waals surface area contributed by atoms with Crippen LogP contribution >= 0.6 is 0 Å². The molecule has 1 aliphatic heterocycles. The van der Waals surface area contributed by atoms with Crippen LogP contribution in [0.15, 0.2) is 24.8 Å². The first-order chi connectivity index (χ1) is 9.93. The highest BCUT2D eigenvalue weighted by Crippen LogP contribution is 2.19. The lowest BCUT2D eigenvalue weighted by Gasteiger charge is -2.27. The maximum Gasteiger partial charge on any atom is 0.256 e. The van der Waals surface area contributed by atoms with Crippen molar-refractivity contribution in [2.45, 2.75) is 26.8 Å². The Kier molecular flexibility index (Phi) is 7.32. The lowest BCUT2D eigenvalue weighted by molar-refractivity contribution is 0.0341. The summed E-state index contributed by atoms with van der Waals surface area (Å²) in [5.74, 6) is 0. The van der Waals surface area contributed by atoms with Gasteiger partial charge in [-0.15, -0.1) is 0 Å². The van der Waals surface area contributed by atoms with Crippen molar-refractivity contribution in [2.24, 2.45) is 0 Å². The van der Waals surface area contributed by atoms with E-state index in [1.807, 2.05) is 6.07 Å². The molecular weight excluding hydrogens is 274 g/mol. The number of morpholine rings is 1. The number of aryl methyl sites for hydroxylation is 1. The molecule has 2 rings (SSSR count). The van der Waals surface area contributed by atoms with Crippen molar-refractivity contribution in [2.75, 3.05) is 32.0 Å². The minimum absolute atomic E-state index is 0. The van der Waals surface area contributed by atoms with Crippen LogP contribution in [0.3, 0.4) is 0 Å². The number of hydrogen-bond acceptors (Lipinski definition) is 3. The van der Waals surface area contributed by atoms with E-state index < -0.39 is 6.43 Å². The molecule has 1 fully saturated rings. The van der Waals surface area contributed by atoms with Gasteiger partial charge in [-0.2, -0.15) is 0 Å². The number of hydrogen-bond donors (Lipinski definition) is 1. The molecule has 0 amide bonds. The minimum Gasteiger partial charge on any atom is -0.399 e. The van der Waals surface area contributed by atoms with Crippen LogP contribution in [-0.2, 0) is 11.3 Å².